The minimum Gasteiger partial charge on any atom is -0.376 e. The maximum atomic E-state index is 13.5. The number of nitrogens with one attached hydrogen (secondary N) is 1. The second-order valence-corrected chi connectivity index (χ2v) is 9.31. The van der Waals surface area contributed by atoms with Gasteiger partial charge in [-0.2, -0.15) is 0 Å². The summed E-state index contributed by atoms with van der Waals surface area (Å²) in [6.07, 6.45) is 2.72. The molecule has 2 fully saturated rings. The lowest BCUT2D eigenvalue weighted by Crippen LogP contribution is -2.44. The molecule has 158 valence electrons. The van der Waals surface area contributed by atoms with Gasteiger partial charge >= 0.3 is 0 Å². The Balaban J connectivity index is 1.47. The third-order valence-electron chi connectivity index (χ3n) is 6.73. The molecule has 1 amide bonds. The average Bonchev–Trinajstić information content (AvgIpc) is 3.48. The van der Waals surface area contributed by atoms with Crippen LogP contribution in [0.3, 0.4) is 0 Å². The lowest BCUT2D eigenvalue weighted by Gasteiger charge is -2.37. The first-order valence-electron chi connectivity index (χ1n) is 10.7. The summed E-state index contributed by atoms with van der Waals surface area (Å²) in [5, 5.41) is 2.45. The van der Waals surface area contributed by atoms with Crippen LogP contribution in [0.15, 0.2) is 48.5 Å². The van der Waals surface area contributed by atoms with E-state index in [-0.39, 0.29) is 24.1 Å². The van der Waals surface area contributed by atoms with E-state index in [4.69, 9.17) is 28.6 Å². The van der Waals surface area contributed by atoms with Crippen molar-refractivity contribution in [1.82, 2.24) is 14.8 Å². The van der Waals surface area contributed by atoms with Crippen LogP contribution in [0.2, 0.25) is 5.02 Å². The molecule has 0 aliphatic carbocycles. The van der Waals surface area contributed by atoms with E-state index in [1.807, 2.05) is 36.4 Å². The number of H-pyrrole nitrogens is 1. The van der Waals surface area contributed by atoms with Gasteiger partial charge in [-0.3, -0.25) is 9.69 Å². The summed E-state index contributed by atoms with van der Waals surface area (Å²) in [4.78, 5) is 21.1. The number of nitrogens with zero attached hydrogens (tertiary/aromatic N) is 2. The van der Waals surface area contributed by atoms with E-state index in [1.165, 1.54) is 10.9 Å². The van der Waals surface area contributed by atoms with Crippen molar-refractivity contribution in [2.24, 2.45) is 0 Å². The van der Waals surface area contributed by atoms with Crippen LogP contribution in [0.25, 0.3) is 10.9 Å². The highest BCUT2D eigenvalue weighted by molar-refractivity contribution is 7.80. The van der Waals surface area contributed by atoms with E-state index in [1.54, 1.807) is 4.90 Å². The Morgan fingerprint density at radius 3 is 2.74 bits per heavy atom. The van der Waals surface area contributed by atoms with Crippen LogP contribution >= 0.6 is 23.8 Å². The maximum absolute atomic E-state index is 13.5. The number of ether oxygens (including phenoxy) is 1. The van der Waals surface area contributed by atoms with Crippen LogP contribution < -0.4 is 0 Å². The summed E-state index contributed by atoms with van der Waals surface area (Å²) in [6, 6.07) is 15.7. The van der Waals surface area contributed by atoms with Gasteiger partial charge in [0.05, 0.1) is 18.7 Å². The quantitative estimate of drug-likeness (QED) is 0.598. The number of aromatic amines is 1. The number of carbonyl (C=O) groups excluding carboxylic acids is 1. The van der Waals surface area contributed by atoms with Gasteiger partial charge in [-0.1, -0.05) is 41.9 Å². The Kier molecular flexibility index (Phi) is 4.56. The molecule has 1 aromatic heterocycles. The molecule has 3 aliphatic rings. The summed E-state index contributed by atoms with van der Waals surface area (Å²) in [5.74, 6) is 0.0791. The SMILES string of the molecule is O=C1[C@@H]2Cc3c([nH]c4ccccc34)[C@H](c3ccc(Cl)cc3)N2C(=S)N1C[C@@H]1CCCO1. The molecule has 1 N–H and O–H groups in total. The minimum absolute atomic E-state index is 0.0656. The van der Waals surface area contributed by atoms with Crippen molar-refractivity contribution in [2.75, 3.05) is 13.2 Å². The highest BCUT2D eigenvalue weighted by Gasteiger charge is 2.50. The number of amides is 1. The first-order chi connectivity index (χ1) is 15.1. The Bertz CT molecular complexity index is 1190. The third kappa shape index (κ3) is 3.00. The van der Waals surface area contributed by atoms with Crippen molar-refractivity contribution in [3.8, 4) is 0 Å². The van der Waals surface area contributed by atoms with E-state index in [0.29, 0.717) is 23.1 Å². The zero-order valence-electron chi connectivity index (χ0n) is 16.9. The predicted octanol–water partition coefficient (Wildman–Crippen LogP) is 4.44. The number of hydrogen-bond donors (Lipinski definition) is 1. The third-order valence-corrected chi connectivity index (χ3v) is 7.41. The molecule has 3 aliphatic heterocycles. The fourth-order valence-electron chi connectivity index (χ4n) is 5.28. The fourth-order valence-corrected chi connectivity index (χ4v) is 5.80. The van der Waals surface area contributed by atoms with Gasteiger partial charge in [0.25, 0.3) is 5.91 Å². The van der Waals surface area contributed by atoms with Crippen molar-refractivity contribution >= 4 is 45.7 Å². The normalized spacial score (nSPS) is 25.4. The molecule has 0 bridgehead atoms. The molecule has 2 aromatic carbocycles. The van der Waals surface area contributed by atoms with Crippen LogP contribution in [-0.2, 0) is 16.0 Å². The monoisotopic (exact) mass is 451 g/mol. The van der Waals surface area contributed by atoms with Gasteiger partial charge in [0.2, 0.25) is 0 Å². The number of rotatable bonds is 3. The average molecular weight is 452 g/mol. The van der Waals surface area contributed by atoms with E-state index >= 15 is 0 Å². The van der Waals surface area contributed by atoms with Crippen molar-refractivity contribution in [2.45, 2.75) is 37.5 Å². The van der Waals surface area contributed by atoms with Gasteiger partial charge in [-0.05, 0) is 54.4 Å². The first kappa shape index (κ1) is 19.3. The van der Waals surface area contributed by atoms with Gasteiger partial charge in [-0.25, -0.2) is 0 Å². The van der Waals surface area contributed by atoms with Gasteiger partial charge < -0.3 is 14.6 Å². The van der Waals surface area contributed by atoms with Crippen molar-refractivity contribution in [3.05, 3.63) is 70.4 Å². The number of para-hydroxylation sites is 1. The Morgan fingerprint density at radius 1 is 1.16 bits per heavy atom. The lowest BCUT2D eigenvalue weighted by atomic mass is 9.89. The molecule has 0 spiro atoms. The second-order valence-electron chi connectivity index (χ2n) is 8.51. The van der Waals surface area contributed by atoms with Crippen molar-refractivity contribution in [3.63, 3.8) is 0 Å². The largest absolute Gasteiger partial charge is 0.376 e. The number of aromatic nitrogens is 1. The molecule has 0 saturated carbocycles. The zero-order chi connectivity index (χ0) is 21.1. The van der Waals surface area contributed by atoms with E-state index in [2.05, 4.69) is 22.0 Å². The number of carbonyl (C=O) groups is 1. The second kappa shape index (κ2) is 7.33. The van der Waals surface area contributed by atoms with Gasteiger partial charge in [0, 0.05) is 34.6 Å². The van der Waals surface area contributed by atoms with Crippen LogP contribution in [-0.4, -0.2) is 51.1 Å². The van der Waals surface area contributed by atoms with Gasteiger partial charge in [0.15, 0.2) is 5.11 Å². The highest BCUT2D eigenvalue weighted by atomic mass is 35.5. The molecule has 6 rings (SSSR count). The summed E-state index contributed by atoms with van der Waals surface area (Å²) in [6.45, 7) is 1.29. The number of halogens is 1. The fraction of sp³-hybridized carbons (Fsp3) is 0.333. The molecule has 0 radical (unpaired) electrons. The van der Waals surface area contributed by atoms with Crippen molar-refractivity contribution in [1.29, 1.82) is 0 Å². The van der Waals surface area contributed by atoms with Crippen LogP contribution in [0.5, 0.6) is 0 Å². The lowest BCUT2D eigenvalue weighted by molar-refractivity contribution is -0.129. The number of thiocarbonyl (C=S) groups is 1. The molecule has 4 heterocycles. The molecular weight excluding hydrogens is 430 g/mol. The Hall–Kier alpha value is -2.41. The topological polar surface area (TPSA) is 48.6 Å². The molecule has 7 heteroatoms. The highest BCUT2D eigenvalue weighted by Crippen LogP contribution is 2.44. The number of hydrogen-bond acceptors (Lipinski definition) is 3. The van der Waals surface area contributed by atoms with E-state index in [9.17, 15) is 4.79 Å². The molecular formula is C24H22ClN3O2S. The summed E-state index contributed by atoms with van der Waals surface area (Å²) in [7, 11) is 0. The molecule has 31 heavy (non-hydrogen) atoms. The molecule has 0 unspecified atom stereocenters. The predicted molar refractivity (Wildman–Crippen MR) is 124 cm³/mol. The van der Waals surface area contributed by atoms with E-state index < -0.39 is 0 Å². The van der Waals surface area contributed by atoms with Crippen LogP contribution in [0.4, 0.5) is 0 Å². The number of benzene rings is 2. The molecule has 3 aromatic rings. The smallest absolute Gasteiger partial charge is 0.251 e. The standard InChI is InChI=1S/C24H22ClN3O2S/c25-15-9-7-14(8-10-15)22-21-18(17-5-1-2-6-19(17)26-21)12-20-23(29)27(24(31)28(20)22)13-16-4-3-11-30-16/h1-2,5-10,16,20,22,26H,3-4,11-13H2/t16-,20-,22-/m0/s1. The van der Waals surface area contributed by atoms with E-state index in [0.717, 1.165) is 36.2 Å². The van der Waals surface area contributed by atoms with Gasteiger partial charge in [-0.15, -0.1) is 0 Å². The molecule has 3 atom stereocenters. The Morgan fingerprint density at radius 2 is 1.97 bits per heavy atom. The summed E-state index contributed by atoms with van der Waals surface area (Å²) >= 11 is 12.1. The zero-order valence-corrected chi connectivity index (χ0v) is 18.5. The summed E-state index contributed by atoms with van der Waals surface area (Å²) < 4.78 is 5.80. The first-order valence-corrected chi connectivity index (χ1v) is 11.5. The van der Waals surface area contributed by atoms with Crippen LogP contribution in [0.1, 0.15) is 35.7 Å². The van der Waals surface area contributed by atoms with Crippen molar-refractivity contribution < 1.29 is 9.53 Å². The van der Waals surface area contributed by atoms with Gasteiger partial charge in [0.1, 0.15) is 6.04 Å². The number of fused-ring (bicyclic) bond motifs is 4. The molecule has 2 saturated heterocycles. The Labute approximate surface area is 190 Å². The minimum atomic E-state index is -0.304. The maximum Gasteiger partial charge on any atom is 0.251 e. The summed E-state index contributed by atoms with van der Waals surface area (Å²) in [5.41, 5.74) is 4.46. The molecule has 5 nitrogen and oxygen atoms in total. The van der Waals surface area contributed by atoms with Crippen LogP contribution in [0, 0.1) is 0 Å².